The van der Waals surface area contributed by atoms with E-state index in [4.69, 9.17) is 15.6 Å². The maximum Gasteiger partial charge on any atom is 0.196 e. The fraction of sp³-hybridized carbons (Fsp3) is 0.190. The van der Waals surface area contributed by atoms with Crippen molar-refractivity contribution in [3.05, 3.63) is 66.7 Å². The molecule has 0 aliphatic rings. The van der Waals surface area contributed by atoms with Crippen LogP contribution in [0.15, 0.2) is 65.9 Å². The van der Waals surface area contributed by atoms with Crippen molar-refractivity contribution in [2.24, 2.45) is 10.7 Å². The first-order chi connectivity index (χ1) is 15.0. The van der Waals surface area contributed by atoms with Crippen molar-refractivity contribution in [2.75, 3.05) is 29.2 Å². The average molecular weight is 425 g/mol. The zero-order chi connectivity index (χ0) is 22.1. The number of nitrogens with zero attached hydrogens (tertiary/aromatic N) is 3. The summed E-state index contributed by atoms with van der Waals surface area (Å²) in [5.74, 6) is 0.980. The summed E-state index contributed by atoms with van der Waals surface area (Å²) in [5.41, 5.74) is 7.10. The molecule has 0 fully saturated rings. The number of aromatic nitrogens is 2. The number of rotatable bonds is 9. The van der Waals surface area contributed by atoms with Crippen molar-refractivity contribution in [3.63, 3.8) is 0 Å². The number of aliphatic imine (C=N–C) groups is 1. The van der Waals surface area contributed by atoms with Gasteiger partial charge in [0.05, 0.1) is 12.3 Å². The molecule has 1 heterocycles. The summed E-state index contributed by atoms with van der Waals surface area (Å²) in [5, 5.41) is 17.7. The summed E-state index contributed by atoms with van der Waals surface area (Å²) in [4.78, 5) is 12.6. The van der Waals surface area contributed by atoms with Gasteiger partial charge in [0.2, 0.25) is 0 Å². The lowest BCUT2D eigenvalue weighted by Gasteiger charge is -2.14. The molecule has 0 aliphatic carbocycles. The van der Waals surface area contributed by atoms with E-state index >= 15 is 0 Å². The van der Waals surface area contributed by atoms with E-state index in [-0.39, 0.29) is 24.9 Å². The molecule has 0 spiro atoms. The molecule has 162 valence electrons. The molecule has 1 aromatic heterocycles. The van der Waals surface area contributed by atoms with Crippen molar-refractivity contribution in [3.8, 4) is 5.75 Å². The van der Waals surface area contributed by atoms with Gasteiger partial charge in [0.25, 0.3) is 0 Å². The number of aliphatic hydroxyl groups excluding tert-OH is 1. The zero-order valence-electron chi connectivity index (χ0n) is 16.9. The van der Waals surface area contributed by atoms with E-state index in [9.17, 15) is 4.39 Å². The molecule has 3 rings (SSSR count). The van der Waals surface area contributed by atoms with Crippen LogP contribution in [0.25, 0.3) is 0 Å². The number of hydrogen-bond donors (Lipinski definition) is 5. The maximum absolute atomic E-state index is 14.2. The third-order valence-electron chi connectivity index (χ3n) is 3.97. The molecule has 10 heteroatoms. The van der Waals surface area contributed by atoms with Gasteiger partial charge in [0, 0.05) is 17.8 Å². The zero-order valence-corrected chi connectivity index (χ0v) is 16.9. The van der Waals surface area contributed by atoms with Gasteiger partial charge in [0.15, 0.2) is 5.96 Å². The van der Waals surface area contributed by atoms with Crippen molar-refractivity contribution in [2.45, 2.75) is 13.1 Å². The van der Waals surface area contributed by atoms with Crippen LogP contribution < -0.4 is 26.4 Å². The number of benzene rings is 2. The van der Waals surface area contributed by atoms with Crippen molar-refractivity contribution < 1.29 is 14.2 Å². The molecule has 2 aromatic carbocycles. The predicted octanol–water partition coefficient (Wildman–Crippen LogP) is 2.92. The van der Waals surface area contributed by atoms with Crippen molar-refractivity contribution in [1.82, 2.24) is 9.97 Å². The highest BCUT2D eigenvalue weighted by atomic mass is 19.1. The maximum atomic E-state index is 14.2. The predicted molar refractivity (Wildman–Crippen MR) is 119 cm³/mol. The first-order valence-electron chi connectivity index (χ1n) is 9.57. The first-order valence-corrected chi connectivity index (χ1v) is 9.57. The third kappa shape index (κ3) is 6.82. The van der Waals surface area contributed by atoms with Gasteiger partial charge in [-0.05, 0) is 31.2 Å². The molecule has 0 bridgehead atoms. The Kier molecular flexibility index (Phi) is 7.55. The molecule has 1 atom stereocenters. The molecule has 0 saturated heterocycles. The Morgan fingerprint density at radius 1 is 1.16 bits per heavy atom. The van der Waals surface area contributed by atoms with Crippen LogP contribution in [-0.2, 0) is 0 Å². The lowest BCUT2D eigenvalue weighted by molar-refractivity contribution is 0.201. The summed E-state index contributed by atoms with van der Waals surface area (Å²) in [7, 11) is 0. The van der Waals surface area contributed by atoms with E-state index in [0.29, 0.717) is 17.4 Å². The van der Waals surface area contributed by atoms with Crippen LogP contribution in [0.1, 0.15) is 6.92 Å². The van der Waals surface area contributed by atoms with E-state index in [1.54, 1.807) is 19.1 Å². The minimum Gasteiger partial charge on any atom is -0.491 e. The molecular formula is C21H24FN7O2. The second-order valence-corrected chi connectivity index (χ2v) is 6.45. The number of nitrogens with one attached hydrogen (secondary N) is 3. The van der Waals surface area contributed by atoms with Crippen molar-refractivity contribution in [1.29, 1.82) is 0 Å². The molecule has 0 amide bonds. The van der Waals surface area contributed by atoms with Gasteiger partial charge >= 0.3 is 0 Å². The number of anilines is 4. The van der Waals surface area contributed by atoms with E-state index in [0.717, 1.165) is 5.69 Å². The van der Waals surface area contributed by atoms with E-state index < -0.39 is 12.0 Å². The largest absolute Gasteiger partial charge is 0.491 e. The highest BCUT2D eigenvalue weighted by Crippen LogP contribution is 2.21. The Hall–Kier alpha value is -3.92. The summed E-state index contributed by atoms with van der Waals surface area (Å²) < 4.78 is 19.4. The van der Waals surface area contributed by atoms with Gasteiger partial charge in [-0.1, -0.05) is 18.2 Å². The minimum absolute atomic E-state index is 0.0980. The minimum atomic E-state index is -0.519. The number of para-hydroxylation sites is 1. The topological polar surface area (TPSA) is 130 Å². The van der Waals surface area contributed by atoms with Gasteiger partial charge < -0.3 is 31.5 Å². The summed E-state index contributed by atoms with van der Waals surface area (Å²) in [6.07, 6.45) is 0.883. The van der Waals surface area contributed by atoms with Crippen LogP contribution in [0.4, 0.5) is 27.4 Å². The lowest BCUT2D eigenvalue weighted by atomic mass is 10.3. The van der Waals surface area contributed by atoms with Crippen LogP contribution in [0, 0.1) is 5.82 Å². The Labute approximate surface area is 179 Å². The lowest BCUT2D eigenvalue weighted by Crippen LogP contribution is -2.27. The van der Waals surface area contributed by atoms with Crippen LogP contribution in [0.3, 0.4) is 0 Å². The monoisotopic (exact) mass is 425 g/mol. The molecule has 6 N–H and O–H groups in total. The number of aliphatic hydroxyl groups is 1. The molecule has 0 aliphatic heterocycles. The third-order valence-corrected chi connectivity index (χ3v) is 3.97. The van der Waals surface area contributed by atoms with Gasteiger partial charge in [-0.15, -0.1) is 0 Å². The van der Waals surface area contributed by atoms with E-state index in [1.807, 2.05) is 30.3 Å². The highest BCUT2D eigenvalue weighted by molar-refractivity contribution is 5.91. The van der Waals surface area contributed by atoms with Gasteiger partial charge in [-0.25, -0.2) is 19.4 Å². The first kappa shape index (κ1) is 21.8. The van der Waals surface area contributed by atoms with Crippen molar-refractivity contribution >= 4 is 29.0 Å². The molecule has 0 saturated carbocycles. The Morgan fingerprint density at radius 2 is 1.94 bits per heavy atom. The highest BCUT2D eigenvalue weighted by Gasteiger charge is 2.08. The smallest absolute Gasteiger partial charge is 0.196 e. The van der Waals surface area contributed by atoms with Crippen LogP contribution in [-0.4, -0.2) is 40.4 Å². The average Bonchev–Trinajstić information content (AvgIpc) is 2.75. The molecular weight excluding hydrogens is 401 g/mol. The SMILES string of the molecule is CC(/N=C(/N)Nc1cc(Nc2ccccc2)ncn1)Nc1ccc(OCCO)cc1F. The Balaban J connectivity index is 1.59. The molecule has 31 heavy (non-hydrogen) atoms. The number of hydrogen-bond acceptors (Lipinski definition) is 7. The number of halogens is 1. The summed E-state index contributed by atoms with van der Waals surface area (Å²) in [6, 6.07) is 15.7. The molecule has 3 aromatic rings. The van der Waals surface area contributed by atoms with E-state index in [1.165, 1.54) is 18.5 Å². The number of ether oxygens (including phenoxy) is 1. The number of nitrogens with two attached hydrogens (primary N) is 1. The van der Waals surface area contributed by atoms with Crippen LogP contribution >= 0.6 is 0 Å². The van der Waals surface area contributed by atoms with E-state index in [2.05, 4.69) is 30.9 Å². The standard InChI is InChI=1S/C21H24FN7O2/c1-14(26-18-8-7-16(11-17(18)22)31-10-9-30)27-21(23)29-20-12-19(24-13-25-20)28-15-5-3-2-4-6-15/h2-8,11-14,26,30H,9-10H2,1H3,(H4,23,24,25,27,28,29). The Bertz CT molecular complexity index is 1020. The van der Waals surface area contributed by atoms with Gasteiger partial charge in [0.1, 0.15) is 42.3 Å². The molecule has 9 nitrogen and oxygen atoms in total. The second kappa shape index (κ2) is 10.7. The Morgan fingerprint density at radius 3 is 2.68 bits per heavy atom. The van der Waals surface area contributed by atoms with Crippen LogP contribution in [0.5, 0.6) is 5.75 Å². The fourth-order valence-corrected chi connectivity index (χ4v) is 2.66. The van der Waals surface area contributed by atoms with Gasteiger partial charge in [-0.2, -0.15) is 0 Å². The molecule has 0 radical (unpaired) electrons. The summed E-state index contributed by atoms with van der Waals surface area (Å²) >= 11 is 0. The molecule has 1 unspecified atom stereocenters. The fourth-order valence-electron chi connectivity index (χ4n) is 2.66. The summed E-state index contributed by atoms with van der Waals surface area (Å²) in [6.45, 7) is 1.68. The normalized spacial score (nSPS) is 12.2. The van der Waals surface area contributed by atoms with Gasteiger partial charge in [-0.3, -0.25) is 0 Å². The number of guanidine groups is 1. The van der Waals surface area contributed by atoms with Crippen LogP contribution in [0.2, 0.25) is 0 Å². The second-order valence-electron chi connectivity index (χ2n) is 6.45. The quantitative estimate of drug-likeness (QED) is 0.261.